The maximum atomic E-state index is 13.5. The third-order valence-electron chi connectivity index (χ3n) is 7.69. The number of nitrogens with one attached hydrogen (secondary N) is 1. The van der Waals surface area contributed by atoms with Crippen LogP contribution in [0.2, 0.25) is 0 Å². The van der Waals surface area contributed by atoms with Gasteiger partial charge in [-0.3, -0.25) is 4.79 Å². The first-order valence-electron chi connectivity index (χ1n) is 15.6. The van der Waals surface area contributed by atoms with Gasteiger partial charge in [-0.1, -0.05) is 79.7 Å². The molecule has 0 spiro atoms. The number of hydrogen-bond donors (Lipinski definition) is 1. The summed E-state index contributed by atoms with van der Waals surface area (Å²) in [6, 6.07) is 34.9. The van der Waals surface area contributed by atoms with Crippen molar-refractivity contribution in [1.82, 2.24) is 15.2 Å². The van der Waals surface area contributed by atoms with E-state index in [0.717, 1.165) is 56.9 Å². The van der Waals surface area contributed by atoms with Crippen molar-refractivity contribution in [2.24, 2.45) is 0 Å². The summed E-state index contributed by atoms with van der Waals surface area (Å²) in [6.07, 6.45) is 3.21. The fourth-order valence-electron chi connectivity index (χ4n) is 5.28. The molecule has 0 bridgehead atoms. The van der Waals surface area contributed by atoms with E-state index in [0.29, 0.717) is 36.5 Å². The van der Waals surface area contributed by atoms with Crippen LogP contribution in [0.3, 0.4) is 0 Å². The number of aryl methyl sites for hydroxylation is 2. The van der Waals surface area contributed by atoms with Gasteiger partial charge in [-0.05, 0) is 55.3 Å². The number of ketones is 1. The zero-order chi connectivity index (χ0) is 31.7. The molecule has 0 saturated heterocycles. The van der Waals surface area contributed by atoms with Crippen molar-refractivity contribution in [1.29, 1.82) is 0 Å². The van der Waals surface area contributed by atoms with Crippen LogP contribution in [-0.2, 0) is 19.3 Å². The van der Waals surface area contributed by atoms with Crippen molar-refractivity contribution in [2.75, 3.05) is 11.9 Å². The van der Waals surface area contributed by atoms with Crippen LogP contribution in [0.5, 0.6) is 5.75 Å². The Morgan fingerprint density at radius 2 is 1.54 bits per heavy atom. The lowest BCUT2D eigenvalue weighted by molar-refractivity contribution is 0.103. The first kappa shape index (κ1) is 30.9. The Balaban J connectivity index is 1.18. The van der Waals surface area contributed by atoms with Crippen molar-refractivity contribution in [3.05, 3.63) is 147 Å². The lowest BCUT2D eigenvalue weighted by atomic mass is 9.99. The van der Waals surface area contributed by atoms with Crippen LogP contribution in [0.15, 0.2) is 114 Å². The number of benzene rings is 4. The van der Waals surface area contributed by atoms with Crippen molar-refractivity contribution >= 4 is 22.8 Å². The van der Waals surface area contributed by atoms with Gasteiger partial charge in [-0.2, -0.15) is 0 Å². The van der Waals surface area contributed by atoms with Crippen molar-refractivity contribution in [3.8, 4) is 17.2 Å². The van der Waals surface area contributed by atoms with Crippen LogP contribution >= 0.6 is 11.3 Å². The molecule has 4 aromatic carbocycles. The van der Waals surface area contributed by atoms with E-state index in [1.807, 2.05) is 104 Å². The van der Waals surface area contributed by atoms with Crippen molar-refractivity contribution < 1.29 is 13.9 Å². The van der Waals surface area contributed by atoms with Gasteiger partial charge in [-0.15, -0.1) is 21.5 Å². The average Bonchev–Trinajstić information content (AvgIpc) is 3.71. The number of para-hydroxylation sites is 1. The standard InChI is InChI=1S/C38H36N4O3S/c1-3-12-35-41-42-36(46-35)25-34(39-33-18-11-10-17-31(33)37(43)28-13-6-4-7-14-28)27-19-21-30(22-20-27)44-24-23-32-26(2)45-38(40-32)29-15-8-5-9-16-29/h4-11,13-22,34,39H,3,12,23-25H2,1-2H3. The maximum absolute atomic E-state index is 13.5. The monoisotopic (exact) mass is 628 g/mol. The molecule has 2 aromatic heterocycles. The highest BCUT2D eigenvalue weighted by molar-refractivity contribution is 7.11. The molecule has 6 rings (SSSR count). The third kappa shape index (κ3) is 7.58. The molecule has 46 heavy (non-hydrogen) atoms. The molecule has 1 atom stereocenters. The van der Waals surface area contributed by atoms with Crippen LogP contribution in [0.4, 0.5) is 5.69 Å². The summed E-state index contributed by atoms with van der Waals surface area (Å²) in [6.45, 7) is 4.55. The number of ether oxygens (including phenoxy) is 1. The molecule has 1 N–H and O–H groups in total. The van der Waals surface area contributed by atoms with Crippen LogP contribution in [0.25, 0.3) is 11.5 Å². The number of hydrogen-bond acceptors (Lipinski definition) is 8. The fourth-order valence-corrected chi connectivity index (χ4v) is 6.27. The highest BCUT2D eigenvalue weighted by Gasteiger charge is 2.20. The highest BCUT2D eigenvalue weighted by Crippen LogP contribution is 2.30. The summed E-state index contributed by atoms with van der Waals surface area (Å²) in [5.41, 5.74) is 4.96. The Labute approximate surface area is 273 Å². The molecule has 0 amide bonds. The number of nitrogens with zero attached hydrogens (tertiary/aromatic N) is 3. The van der Waals surface area contributed by atoms with Crippen LogP contribution in [0.1, 0.15) is 62.3 Å². The summed E-state index contributed by atoms with van der Waals surface area (Å²) in [4.78, 5) is 18.2. The SMILES string of the molecule is CCCc1nnc(CC(Nc2ccccc2C(=O)c2ccccc2)c2ccc(OCCc3nc(-c4ccccc4)oc3C)cc2)s1. The molecular formula is C38H36N4O3S. The van der Waals surface area contributed by atoms with Crippen LogP contribution < -0.4 is 10.1 Å². The molecule has 6 aromatic rings. The lowest BCUT2D eigenvalue weighted by Crippen LogP contribution is -2.16. The highest BCUT2D eigenvalue weighted by atomic mass is 32.1. The molecular weight excluding hydrogens is 593 g/mol. The molecule has 1 unspecified atom stereocenters. The Morgan fingerprint density at radius 3 is 2.30 bits per heavy atom. The molecule has 0 saturated carbocycles. The minimum absolute atomic E-state index is 0.0226. The van der Waals surface area contributed by atoms with Gasteiger partial charge in [0, 0.05) is 41.6 Å². The molecule has 232 valence electrons. The summed E-state index contributed by atoms with van der Waals surface area (Å²) in [7, 11) is 0. The van der Waals surface area contributed by atoms with Crippen molar-refractivity contribution in [2.45, 2.75) is 45.6 Å². The number of carbonyl (C=O) groups is 1. The molecule has 7 nitrogen and oxygen atoms in total. The third-order valence-corrected chi connectivity index (χ3v) is 8.70. The van der Waals surface area contributed by atoms with Gasteiger partial charge in [0.25, 0.3) is 0 Å². The van der Waals surface area contributed by atoms with Crippen molar-refractivity contribution in [3.63, 3.8) is 0 Å². The molecule has 0 radical (unpaired) electrons. The average molecular weight is 629 g/mol. The molecule has 0 fully saturated rings. The minimum atomic E-state index is -0.143. The van der Waals surface area contributed by atoms with Gasteiger partial charge < -0.3 is 14.5 Å². The Hall–Kier alpha value is -5.08. The second-order valence-corrected chi connectivity index (χ2v) is 12.2. The number of rotatable bonds is 14. The predicted molar refractivity (Wildman–Crippen MR) is 183 cm³/mol. The molecule has 0 aliphatic heterocycles. The van der Waals surface area contributed by atoms with E-state index in [1.54, 1.807) is 11.3 Å². The molecule has 8 heteroatoms. The van der Waals surface area contributed by atoms with E-state index in [4.69, 9.17) is 14.1 Å². The Kier molecular flexibility index (Phi) is 9.95. The molecule has 2 heterocycles. The second-order valence-electron chi connectivity index (χ2n) is 11.0. The van der Waals surface area contributed by atoms with E-state index in [2.05, 4.69) is 34.6 Å². The fraction of sp³-hybridized carbons (Fsp3) is 0.211. The zero-order valence-corrected chi connectivity index (χ0v) is 26.8. The minimum Gasteiger partial charge on any atom is -0.493 e. The van der Waals surface area contributed by atoms with Gasteiger partial charge >= 0.3 is 0 Å². The second kappa shape index (κ2) is 14.8. The van der Waals surface area contributed by atoms with Gasteiger partial charge in [0.1, 0.15) is 21.5 Å². The van der Waals surface area contributed by atoms with E-state index >= 15 is 0 Å². The summed E-state index contributed by atoms with van der Waals surface area (Å²) >= 11 is 1.64. The number of oxazole rings is 1. The van der Waals surface area contributed by atoms with Gasteiger partial charge in [-0.25, -0.2) is 4.98 Å². The summed E-state index contributed by atoms with van der Waals surface area (Å²) in [5, 5.41) is 14.5. The zero-order valence-electron chi connectivity index (χ0n) is 26.0. The largest absolute Gasteiger partial charge is 0.493 e. The Morgan fingerprint density at radius 1 is 0.848 bits per heavy atom. The summed E-state index contributed by atoms with van der Waals surface area (Å²) in [5.74, 6) is 2.18. The van der Waals surface area contributed by atoms with E-state index in [-0.39, 0.29) is 11.8 Å². The quantitative estimate of drug-likeness (QED) is 0.121. The summed E-state index contributed by atoms with van der Waals surface area (Å²) < 4.78 is 12.0. The smallest absolute Gasteiger partial charge is 0.226 e. The number of aromatic nitrogens is 3. The first-order chi connectivity index (χ1) is 22.6. The normalized spacial score (nSPS) is 11.7. The van der Waals surface area contributed by atoms with Crippen LogP contribution in [-0.4, -0.2) is 27.6 Å². The number of anilines is 1. The maximum Gasteiger partial charge on any atom is 0.226 e. The van der Waals surface area contributed by atoms with Gasteiger partial charge in [0.15, 0.2) is 5.78 Å². The topological polar surface area (TPSA) is 90.1 Å². The van der Waals surface area contributed by atoms with Gasteiger partial charge in [0.05, 0.1) is 18.3 Å². The van der Waals surface area contributed by atoms with E-state index < -0.39 is 0 Å². The lowest BCUT2D eigenvalue weighted by Gasteiger charge is -2.22. The molecule has 0 aliphatic carbocycles. The van der Waals surface area contributed by atoms with Gasteiger partial charge in [0.2, 0.25) is 5.89 Å². The van der Waals surface area contributed by atoms with E-state index in [9.17, 15) is 4.79 Å². The molecule has 0 aliphatic rings. The first-order valence-corrected chi connectivity index (χ1v) is 16.4. The predicted octanol–water partition coefficient (Wildman–Crippen LogP) is 8.70. The van der Waals surface area contributed by atoms with Crippen LogP contribution in [0, 0.1) is 6.92 Å². The number of carbonyl (C=O) groups excluding carboxylic acids is 1. The Bertz CT molecular complexity index is 1870. The van der Waals surface area contributed by atoms with E-state index in [1.165, 1.54) is 0 Å².